The molecular formula is C38H34F3N7O3. The maximum Gasteiger partial charge on any atom is 0.319 e. The molecule has 4 aromatic rings. The molecule has 2 aromatic heterocycles. The number of rotatable bonds is 6. The Morgan fingerprint density at radius 2 is 1.90 bits per heavy atom. The van der Waals surface area contributed by atoms with Gasteiger partial charge in [0.2, 0.25) is 5.91 Å². The highest BCUT2D eigenvalue weighted by Crippen LogP contribution is 2.49. The molecule has 0 radical (unpaired) electrons. The molecule has 51 heavy (non-hydrogen) atoms. The molecule has 0 spiro atoms. The maximum atomic E-state index is 17.0. The van der Waals surface area contributed by atoms with Gasteiger partial charge in [-0.15, -0.1) is 6.42 Å². The van der Waals surface area contributed by atoms with E-state index in [1.165, 1.54) is 30.5 Å². The third-order valence-electron chi connectivity index (χ3n) is 11.7. The van der Waals surface area contributed by atoms with E-state index in [0.29, 0.717) is 55.5 Å². The molecule has 5 fully saturated rings. The predicted molar refractivity (Wildman–Crippen MR) is 181 cm³/mol. The van der Waals surface area contributed by atoms with Gasteiger partial charge in [0.1, 0.15) is 46.8 Å². The number of nitrogens with zero attached hydrogens (tertiary/aromatic N) is 7. The van der Waals surface area contributed by atoms with Crippen LogP contribution in [0.2, 0.25) is 0 Å². The highest BCUT2D eigenvalue weighted by Gasteiger charge is 2.57. The molecule has 2 aromatic carbocycles. The molecule has 5 aliphatic rings. The van der Waals surface area contributed by atoms with Gasteiger partial charge < -0.3 is 19.6 Å². The van der Waals surface area contributed by atoms with E-state index in [2.05, 4.69) is 26.9 Å². The van der Waals surface area contributed by atoms with Crippen molar-refractivity contribution in [3.63, 3.8) is 0 Å². The average molecular weight is 694 g/mol. The van der Waals surface area contributed by atoms with E-state index in [1.807, 2.05) is 9.80 Å². The molecular weight excluding hydrogens is 659 g/mol. The van der Waals surface area contributed by atoms with Crippen LogP contribution >= 0.6 is 0 Å². The fraction of sp³-hybridized carbons (Fsp3) is 0.447. The summed E-state index contributed by atoms with van der Waals surface area (Å²) < 4.78 is 52.8. The number of fused-ring (bicyclic) bond motifs is 5. The largest absolute Gasteiger partial charge is 0.508 e. The Kier molecular flexibility index (Phi) is 7.14. The van der Waals surface area contributed by atoms with Crippen molar-refractivity contribution < 1.29 is 27.8 Å². The van der Waals surface area contributed by atoms with Crippen molar-refractivity contribution in [2.45, 2.75) is 68.7 Å². The zero-order valence-corrected chi connectivity index (χ0v) is 27.7. The van der Waals surface area contributed by atoms with E-state index >= 15 is 4.39 Å². The van der Waals surface area contributed by atoms with Gasteiger partial charge in [0.25, 0.3) is 0 Å². The minimum Gasteiger partial charge on any atom is -0.508 e. The smallest absolute Gasteiger partial charge is 0.319 e. The van der Waals surface area contributed by atoms with E-state index in [-0.39, 0.29) is 64.1 Å². The molecule has 4 atom stereocenters. The number of hydrogen-bond acceptors (Lipinski definition) is 9. The third kappa shape index (κ3) is 4.89. The quantitative estimate of drug-likeness (QED) is 0.270. The number of pyridine rings is 1. The minimum absolute atomic E-state index is 0.0829. The minimum atomic E-state index is -0.965. The molecule has 260 valence electrons. The van der Waals surface area contributed by atoms with Gasteiger partial charge in [-0.3, -0.25) is 14.7 Å². The van der Waals surface area contributed by atoms with Crippen molar-refractivity contribution in [2.75, 3.05) is 37.7 Å². The van der Waals surface area contributed by atoms with Crippen LogP contribution in [0.1, 0.15) is 50.5 Å². The molecule has 4 aliphatic heterocycles. The van der Waals surface area contributed by atoms with Crippen LogP contribution in [0, 0.1) is 40.7 Å². The summed E-state index contributed by atoms with van der Waals surface area (Å²) >= 11 is 0. The second-order valence-electron chi connectivity index (χ2n) is 14.7. The lowest BCUT2D eigenvalue weighted by Gasteiger charge is -2.42. The van der Waals surface area contributed by atoms with Crippen molar-refractivity contribution in [1.29, 1.82) is 5.26 Å². The van der Waals surface area contributed by atoms with Gasteiger partial charge in [-0.25, -0.2) is 13.2 Å². The average Bonchev–Trinajstić information content (AvgIpc) is 3.65. The first kappa shape index (κ1) is 31.8. The van der Waals surface area contributed by atoms with Gasteiger partial charge in [0, 0.05) is 55.3 Å². The van der Waals surface area contributed by atoms with Crippen LogP contribution in [0.15, 0.2) is 30.5 Å². The lowest BCUT2D eigenvalue weighted by molar-refractivity contribution is -0.138. The number of phenolic OH excluding ortho intramolecular Hbond substituents is 1. The SMILES string of the molecule is C#Cc1c(F)ccc2cc(O)cc(-c3ncc4c(N5CC6CCC(C5)N6C(=O)C5(C#N)CC5)nc(OC[C@@]56CCCN5C[C@H](F)C6)nc4c3F)c12. The summed E-state index contributed by atoms with van der Waals surface area (Å²) in [5, 5.41) is 21.3. The predicted octanol–water partition coefficient (Wildman–Crippen LogP) is 5.25. The summed E-state index contributed by atoms with van der Waals surface area (Å²) in [6.07, 6.45) is 10.9. The standard InChI is InChI=1S/C38H34F3N7O3/c1-2-26-29(40)7-4-21-12-25(49)13-27(30(21)26)32-31(41)33-28(15-43-32)34(45-36(44-33)51-20-38-8-3-11-47(38)16-22(39)14-38)46-17-23-5-6-24(18-46)48(23)35(50)37(19-42)9-10-37/h1,4,7,12-13,15,22-24,49H,3,5-6,8-11,14,16-18,20H2/t22-,23?,24?,38+/m1/s1. The van der Waals surface area contributed by atoms with Crippen LogP contribution in [-0.2, 0) is 4.79 Å². The van der Waals surface area contributed by atoms with E-state index in [0.717, 1.165) is 32.2 Å². The van der Waals surface area contributed by atoms with Gasteiger partial charge in [0.15, 0.2) is 5.82 Å². The number of aromatic hydroxyl groups is 1. The van der Waals surface area contributed by atoms with Gasteiger partial charge in [0.05, 0.1) is 22.6 Å². The fourth-order valence-corrected chi connectivity index (χ4v) is 9.07. The summed E-state index contributed by atoms with van der Waals surface area (Å²) in [4.78, 5) is 33.3. The van der Waals surface area contributed by atoms with Gasteiger partial charge in [-0.05, 0) is 68.7 Å². The Hall–Kier alpha value is -5.14. The number of alkyl halides is 1. The molecule has 1 amide bonds. The molecule has 2 unspecified atom stereocenters. The normalized spacial score (nSPS) is 26.3. The zero-order chi connectivity index (χ0) is 35.2. The number of anilines is 1. The number of benzene rings is 2. The number of carbonyl (C=O) groups is 1. The zero-order valence-electron chi connectivity index (χ0n) is 27.7. The Balaban J connectivity index is 1.15. The van der Waals surface area contributed by atoms with E-state index in [9.17, 15) is 23.9 Å². The summed E-state index contributed by atoms with van der Waals surface area (Å²) in [6, 6.07) is 7.20. The number of amides is 1. The van der Waals surface area contributed by atoms with Crippen molar-refractivity contribution in [2.24, 2.45) is 5.41 Å². The van der Waals surface area contributed by atoms with Gasteiger partial charge >= 0.3 is 6.01 Å². The summed E-state index contributed by atoms with van der Waals surface area (Å²) in [6.45, 7) is 2.05. The van der Waals surface area contributed by atoms with Crippen LogP contribution in [0.25, 0.3) is 32.9 Å². The monoisotopic (exact) mass is 693 g/mol. The maximum absolute atomic E-state index is 17.0. The van der Waals surface area contributed by atoms with Crippen molar-refractivity contribution in [3.05, 3.63) is 47.7 Å². The van der Waals surface area contributed by atoms with Gasteiger partial charge in [-0.2, -0.15) is 15.2 Å². The number of piperazine rings is 1. The first-order valence-corrected chi connectivity index (χ1v) is 17.4. The molecule has 6 heterocycles. The molecule has 1 saturated carbocycles. The number of phenols is 1. The second kappa shape index (κ2) is 11.4. The lowest BCUT2D eigenvalue weighted by atomic mass is 9.95. The molecule has 1 aliphatic carbocycles. The third-order valence-corrected chi connectivity index (χ3v) is 11.7. The lowest BCUT2D eigenvalue weighted by Crippen LogP contribution is -2.57. The fourth-order valence-electron chi connectivity index (χ4n) is 9.07. The highest BCUT2D eigenvalue weighted by molar-refractivity contribution is 6.03. The van der Waals surface area contributed by atoms with Crippen LogP contribution in [0.4, 0.5) is 19.0 Å². The highest BCUT2D eigenvalue weighted by atomic mass is 19.1. The number of aromatic nitrogens is 3. The Bertz CT molecular complexity index is 2220. The van der Waals surface area contributed by atoms with E-state index in [1.54, 1.807) is 0 Å². The molecule has 2 bridgehead atoms. The Morgan fingerprint density at radius 3 is 2.63 bits per heavy atom. The summed E-state index contributed by atoms with van der Waals surface area (Å²) in [7, 11) is 0. The molecule has 9 rings (SSSR count). The van der Waals surface area contributed by atoms with Crippen LogP contribution in [0.3, 0.4) is 0 Å². The number of carbonyl (C=O) groups excluding carboxylic acids is 1. The van der Waals surface area contributed by atoms with Crippen LogP contribution < -0.4 is 9.64 Å². The molecule has 1 N–H and O–H groups in total. The number of hydrogen-bond donors (Lipinski definition) is 1. The second-order valence-corrected chi connectivity index (χ2v) is 14.7. The van der Waals surface area contributed by atoms with Crippen LogP contribution in [0.5, 0.6) is 11.8 Å². The topological polar surface area (TPSA) is 119 Å². The summed E-state index contributed by atoms with van der Waals surface area (Å²) in [5.41, 5.74) is -1.72. The van der Waals surface area contributed by atoms with E-state index < -0.39 is 28.8 Å². The number of ether oxygens (including phenoxy) is 1. The van der Waals surface area contributed by atoms with Crippen molar-refractivity contribution in [3.8, 4) is 41.4 Å². The first-order chi connectivity index (χ1) is 24.6. The first-order valence-electron chi connectivity index (χ1n) is 17.4. The van der Waals surface area contributed by atoms with Crippen molar-refractivity contribution >= 4 is 33.4 Å². The number of halogens is 3. The van der Waals surface area contributed by atoms with E-state index in [4.69, 9.17) is 16.1 Å². The van der Waals surface area contributed by atoms with Crippen molar-refractivity contribution in [1.82, 2.24) is 24.8 Å². The molecule has 13 heteroatoms. The Labute approximate surface area is 291 Å². The molecule has 4 saturated heterocycles. The molecule has 10 nitrogen and oxygen atoms in total. The summed E-state index contributed by atoms with van der Waals surface area (Å²) in [5.74, 6) is 0.926. The van der Waals surface area contributed by atoms with Crippen LogP contribution in [-0.4, -0.2) is 92.3 Å². The number of terminal acetylenes is 1. The number of nitriles is 1. The Morgan fingerprint density at radius 1 is 1.12 bits per heavy atom. The van der Waals surface area contributed by atoms with Gasteiger partial charge in [-0.1, -0.05) is 12.0 Å².